The zero-order valence-electron chi connectivity index (χ0n) is 15.8. The number of carbonyl (C=O) groups excluding carboxylic acids is 1. The highest BCUT2D eigenvalue weighted by Crippen LogP contribution is 2.26. The number of carbonyl (C=O) groups is 2. The molecule has 1 unspecified atom stereocenters. The molecule has 1 heterocycles. The topological polar surface area (TPSA) is 71.7 Å². The Kier molecular flexibility index (Phi) is 5.28. The maximum absolute atomic E-state index is 12.6. The van der Waals surface area contributed by atoms with E-state index in [1.54, 1.807) is 16.7 Å². The predicted molar refractivity (Wildman–Crippen MR) is 107 cm³/mol. The molecule has 140 valence electrons. The molecule has 5 nitrogen and oxygen atoms in total. The second kappa shape index (κ2) is 7.48. The average Bonchev–Trinajstić information content (AvgIpc) is 2.93. The molecular formula is C21H22N2O3S. The summed E-state index contributed by atoms with van der Waals surface area (Å²) in [5, 5.41) is 9.69. The van der Waals surface area contributed by atoms with E-state index in [-0.39, 0.29) is 5.91 Å². The van der Waals surface area contributed by atoms with E-state index in [4.69, 9.17) is 0 Å². The van der Waals surface area contributed by atoms with Gasteiger partial charge in [0.1, 0.15) is 6.04 Å². The molecule has 0 bridgehead atoms. The molecule has 1 amide bonds. The predicted octanol–water partition coefficient (Wildman–Crippen LogP) is 4.40. The monoisotopic (exact) mass is 382 g/mol. The summed E-state index contributed by atoms with van der Waals surface area (Å²) in [5.74, 6) is -1.30. The Morgan fingerprint density at radius 3 is 2.33 bits per heavy atom. The number of hydrogen-bond acceptors (Lipinski definition) is 3. The Bertz CT molecular complexity index is 1090. The smallest absolute Gasteiger partial charge is 0.326 e. The van der Waals surface area contributed by atoms with Gasteiger partial charge in [0.2, 0.25) is 0 Å². The minimum absolute atomic E-state index is 0.371. The molecule has 1 N–H and O–H groups in total. The van der Waals surface area contributed by atoms with Crippen molar-refractivity contribution in [3.8, 4) is 0 Å². The molecule has 0 saturated carbocycles. The van der Waals surface area contributed by atoms with Gasteiger partial charge >= 0.3 is 5.97 Å². The number of carboxylic acid groups (broad SMARTS) is 1. The lowest BCUT2D eigenvalue weighted by Gasteiger charge is -2.14. The minimum atomic E-state index is -0.931. The summed E-state index contributed by atoms with van der Waals surface area (Å²) in [4.78, 5) is 29.2. The standard InChI is InChI=1S/C21H22N2O3S/c1-5-16(20(25)26)23-17-10-13(3)14(4)11-18(17)27-21(23)22-19(24)15-8-6-12(2)7-9-15/h6-11,16H,5H2,1-4H3,(H,25,26). The molecule has 0 aliphatic rings. The first-order valence-corrected chi connectivity index (χ1v) is 9.64. The maximum Gasteiger partial charge on any atom is 0.326 e. The molecule has 1 atom stereocenters. The van der Waals surface area contributed by atoms with E-state index in [1.807, 2.05) is 52.0 Å². The number of hydrogen-bond donors (Lipinski definition) is 1. The molecule has 3 aromatic rings. The van der Waals surface area contributed by atoms with Crippen LogP contribution in [0.3, 0.4) is 0 Å². The average molecular weight is 382 g/mol. The van der Waals surface area contributed by atoms with Crippen molar-refractivity contribution in [3.63, 3.8) is 0 Å². The van der Waals surface area contributed by atoms with Gasteiger partial charge in [-0.05, 0) is 62.6 Å². The van der Waals surface area contributed by atoms with Crippen LogP contribution >= 0.6 is 11.3 Å². The Morgan fingerprint density at radius 2 is 1.74 bits per heavy atom. The second-order valence-electron chi connectivity index (χ2n) is 6.70. The van der Waals surface area contributed by atoms with Gasteiger partial charge in [0.25, 0.3) is 5.91 Å². The van der Waals surface area contributed by atoms with Gasteiger partial charge in [0, 0.05) is 5.56 Å². The Hall–Kier alpha value is -2.73. The molecule has 1 aromatic heterocycles. The van der Waals surface area contributed by atoms with E-state index < -0.39 is 12.0 Å². The highest BCUT2D eigenvalue weighted by atomic mass is 32.1. The van der Waals surface area contributed by atoms with Crippen molar-refractivity contribution in [2.75, 3.05) is 0 Å². The fourth-order valence-corrected chi connectivity index (χ4v) is 4.13. The Labute approximate surface area is 161 Å². The van der Waals surface area contributed by atoms with Gasteiger partial charge in [-0.15, -0.1) is 0 Å². The zero-order chi connectivity index (χ0) is 19.7. The number of amides is 1. The van der Waals surface area contributed by atoms with Crippen LogP contribution in [0.1, 0.15) is 46.4 Å². The van der Waals surface area contributed by atoms with E-state index in [0.717, 1.165) is 26.9 Å². The third-order valence-electron chi connectivity index (χ3n) is 4.72. The van der Waals surface area contributed by atoms with Crippen LogP contribution in [0.4, 0.5) is 0 Å². The van der Waals surface area contributed by atoms with Crippen LogP contribution in [0.25, 0.3) is 10.2 Å². The van der Waals surface area contributed by atoms with Crippen LogP contribution in [0.5, 0.6) is 0 Å². The highest BCUT2D eigenvalue weighted by Gasteiger charge is 2.22. The third-order valence-corrected chi connectivity index (χ3v) is 5.74. The van der Waals surface area contributed by atoms with Crippen LogP contribution in [-0.2, 0) is 4.79 Å². The number of aromatic nitrogens is 1. The van der Waals surface area contributed by atoms with Gasteiger partial charge in [-0.2, -0.15) is 4.99 Å². The van der Waals surface area contributed by atoms with Gasteiger partial charge in [-0.3, -0.25) is 4.79 Å². The molecule has 0 aliphatic carbocycles. The number of rotatable bonds is 4. The molecule has 0 saturated heterocycles. The van der Waals surface area contributed by atoms with Crippen LogP contribution in [0.2, 0.25) is 0 Å². The van der Waals surface area contributed by atoms with Crippen molar-refractivity contribution in [2.24, 2.45) is 4.99 Å². The van der Waals surface area contributed by atoms with E-state index in [9.17, 15) is 14.7 Å². The van der Waals surface area contributed by atoms with Gasteiger partial charge in [0.15, 0.2) is 4.80 Å². The molecule has 0 radical (unpaired) electrons. The Morgan fingerprint density at radius 1 is 1.11 bits per heavy atom. The lowest BCUT2D eigenvalue weighted by molar-refractivity contribution is -0.140. The number of thiazole rings is 1. The highest BCUT2D eigenvalue weighted by molar-refractivity contribution is 7.16. The van der Waals surface area contributed by atoms with Gasteiger partial charge in [0.05, 0.1) is 10.2 Å². The van der Waals surface area contributed by atoms with Crippen molar-refractivity contribution < 1.29 is 14.7 Å². The van der Waals surface area contributed by atoms with Gasteiger partial charge < -0.3 is 9.67 Å². The quantitative estimate of drug-likeness (QED) is 0.727. The number of carboxylic acids is 1. The molecule has 0 fully saturated rings. The summed E-state index contributed by atoms with van der Waals surface area (Å²) in [5.41, 5.74) is 4.54. The van der Waals surface area contributed by atoms with Crippen molar-refractivity contribution in [1.29, 1.82) is 0 Å². The van der Waals surface area contributed by atoms with Gasteiger partial charge in [-0.25, -0.2) is 4.79 Å². The normalized spacial score (nSPS) is 13.1. The lowest BCUT2D eigenvalue weighted by Crippen LogP contribution is -2.27. The molecule has 2 aromatic carbocycles. The van der Waals surface area contributed by atoms with E-state index >= 15 is 0 Å². The molecule has 0 aliphatic heterocycles. The van der Waals surface area contributed by atoms with Crippen LogP contribution in [0, 0.1) is 20.8 Å². The van der Waals surface area contributed by atoms with Crippen LogP contribution < -0.4 is 4.80 Å². The fraction of sp³-hybridized carbons (Fsp3) is 0.286. The molecule has 27 heavy (non-hydrogen) atoms. The summed E-state index contributed by atoms with van der Waals surface area (Å²) >= 11 is 1.35. The van der Waals surface area contributed by atoms with Crippen LogP contribution in [0.15, 0.2) is 41.4 Å². The molecule has 0 spiro atoms. The van der Waals surface area contributed by atoms with Crippen LogP contribution in [-0.4, -0.2) is 21.6 Å². The SMILES string of the molecule is CCC(C(=O)O)n1c(=NC(=O)c2ccc(C)cc2)sc2cc(C)c(C)cc21. The summed E-state index contributed by atoms with van der Waals surface area (Å²) < 4.78 is 2.61. The minimum Gasteiger partial charge on any atom is -0.480 e. The molecular weight excluding hydrogens is 360 g/mol. The van der Waals surface area contributed by atoms with E-state index in [0.29, 0.717) is 16.8 Å². The summed E-state index contributed by atoms with van der Waals surface area (Å²) in [6.45, 7) is 7.78. The largest absolute Gasteiger partial charge is 0.480 e. The fourth-order valence-electron chi connectivity index (χ4n) is 2.99. The first-order chi connectivity index (χ1) is 12.8. The Balaban J connectivity index is 2.26. The first-order valence-electron chi connectivity index (χ1n) is 8.82. The molecule has 3 rings (SSSR count). The van der Waals surface area contributed by atoms with Gasteiger partial charge in [-0.1, -0.05) is 36.0 Å². The van der Waals surface area contributed by atoms with E-state index in [1.165, 1.54) is 11.3 Å². The lowest BCUT2D eigenvalue weighted by atomic mass is 10.1. The number of aryl methyl sites for hydroxylation is 3. The first kappa shape index (κ1) is 19.0. The second-order valence-corrected chi connectivity index (χ2v) is 7.71. The van der Waals surface area contributed by atoms with Crippen molar-refractivity contribution >= 4 is 33.4 Å². The number of nitrogens with zero attached hydrogens (tertiary/aromatic N) is 2. The number of aliphatic carboxylic acids is 1. The van der Waals surface area contributed by atoms with Crippen molar-refractivity contribution in [2.45, 2.75) is 40.2 Å². The van der Waals surface area contributed by atoms with Crippen molar-refractivity contribution in [1.82, 2.24) is 4.57 Å². The summed E-state index contributed by atoms with van der Waals surface area (Å²) in [7, 11) is 0. The third kappa shape index (κ3) is 3.71. The summed E-state index contributed by atoms with van der Waals surface area (Å²) in [6, 6.07) is 10.4. The van der Waals surface area contributed by atoms with Crippen molar-refractivity contribution in [3.05, 3.63) is 63.5 Å². The maximum atomic E-state index is 12.6. The zero-order valence-corrected chi connectivity index (χ0v) is 16.6. The number of benzene rings is 2. The molecule has 6 heteroatoms. The summed E-state index contributed by atoms with van der Waals surface area (Å²) in [6.07, 6.45) is 0.403. The number of fused-ring (bicyclic) bond motifs is 1. The van der Waals surface area contributed by atoms with E-state index in [2.05, 4.69) is 4.99 Å².